The van der Waals surface area contributed by atoms with Crippen molar-refractivity contribution in [2.75, 3.05) is 27.2 Å². The van der Waals surface area contributed by atoms with Gasteiger partial charge in [0.2, 0.25) is 5.91 Å². The first-order valence-corrected chi connectivity index (χ1v) is 7.75. The third kappa shape index (κ3) is 5.52. The molecule has 6 heteroatoms. The largest absolute Gasteiger partial charge is 0.497 e. The van der Waals surface area contributed by atoms with E-state index in [0.717, 1.165) is 25.3 Å². The molecule has 0 spiro atoms. The van der Waals surface area contributed by atoms with E-state index >= 15 is 0 Å². The van der Waals surface area contributed by atoms with Crippen LogP contribution in [-0.4, -0.2) is 49.9 Å². The van der Waals surface area contributed by atoms with E-state index in [4.69, 9.17) is 4.74 Å². The van der Waals surface area contributed by atoms with E-state index in [9.17, 15) is 9.59 Å². The standard InChI is InChI=1S/C17H24N2O3.ClH/c1-19(14-10-11-18-12-14)17(21)5-3-4-16(20)13-6-8-15(22-2)9-7-13;/h6-9,14,18H,3-5,10-12H2,1-2H3;1H. The van der Waals surface area contributed by atoms with Crippen LogP contribution in [0.15, 0.2) is 24.3 Å². The SMILES string of the molecule is COc1ccc(C(=O)CCCC(=O)N(C)C2CCNC2)cc1.Cl. The molecule has 1 aliphatic rings. The maximum absolute atomic E-state index is 12.1. The number of hydrogen-bond donors (Lipinski definition) is 1. The van der Waals surface area contributed by atoms with Crippen LogP contribution in [0.2, 0.25) is 0 Å². The van der Waals surface area contributed by atoms with Crippen LogP contribution in [0.3, 0.4) is 0 Å². The number of nitrogens with zero attached hydrogens (tertiary/aromatic N) is 1. The number of hydrogen-bond acceptors (Lipinski definition) is 4. The van der Waals surface area contributed by atoms with E-state index in [1.807, 2.05) is 11.9 Å². The van der Waals surface area contributed by atoms with Gasteiger partial charge in [-0.15, -0.1) is 12.4 Å². The molecule has 128 valence electrons. The normalized spacial score (nSPS) is 16.5. The number of amides is 1. The van der Waals surface area contributed by atoms with E-state index in [-0.39, 0.29) is 24.1 Å². The highest BCUT2D eigenvalue weighted by atomic mass is 35.5. The Morgan fingerprint density at radius 1 is 1.26 bits per heavy atom. The second-order valence-electron chi connectivity index (χ2n) is 5.66. The number of Topliss-reactive ketones (excluding diaryl/α,β-unsaturated/α-hetero) is 1. The molecule has 0 aliphatic carbocycles. The molecule has 1 atom stereocenters. The molecule has 0 bridgehead atoms. The molecule has 0 saturated carbocycles. The molecule has 1 unspecified atom stereocenters. The molecule has 1 amide bonds. The van der Waals surface area contributed by atoms with Gasteiger partial charge in [0.25, 0.3) is 0 Å². The number of benzene rings is 1. The Labute approximate surface area is 143 Å². The lowest BCUT2D eigenvalue weighted by Crippen LogP contribution is -2.38. The van der Waals surface area contributed by atoms with Crippen molar-refractivity contribution in [2.24, 2.45) is 0 Å². The second-order valence-corrected chi connectivity index (χ2v) is 5.66. The van der Waals surface area contributed by atoms with Gasteiger partial charge in [0.05, 0.1) is 7.11 Å². The van der Waals surface area contributed by atoms with Gasteiger partial charge in [0.15, 0.2) is 5.78 Å². The van der Waals surface area contributed by atoms with Gasteiger partial charge in [0, 0.05) is 38.0 Å². The second kappa shape index (κ2) is 9.53. The van der Waals surface area contributed by atoms with Crippen molar-refractivity contribution >= 4 is 24.1 Å². The third-order valence-corrected chi connectivity index (χ3v) is 4.18. The molecule has 1 aromatic rings. The summed E-state index contributed by atoms with van der Waals surface area (Å²) in [5.41, 5.74) is 0.668. The Kier molecular flexibility index (Phi) is 8.06. The molecule has 5 nitrogen and oxygen atoms in total. The van der Waals surface area contributed by atoms with Crippen LogP contribution < -0.4 is 10.1 Å². The summed E-state index contributed by atoms with van der Waals surface area (Å²) in [5, 5.41) is 3.26. The first kappa shape index (κ1) is 19.5. The molecular weight excluding hydrogens is 316 g/mol. The van der Waals surface area contributed by atoms with Crippen molar-refractivity contribution < 1.29 is 14.3 Å². The average Bonchev–Trinajstić information content (AvgIpc) is 3.08. The van der Waals surface area contributed by atoms with E-state index in [1.54, 1.807) is 31.4 Å². The lowest BCUT2D eigenvalue weighted by Gasteiger charge is -2.23. The maximum atomic E-state index is 12.1. The van der Waals surface area contributed by atoms with Gasteiger partial charge < -0.3 is 15.0 Å². The molecule has 1 aliphatic heterocycles. The highest BCUT2D eigenvalue weighted by Crippen LogP contribution is 2.15. The number of rotatable bonds is 7. The summed E-state index contributed by atoms with van der Waals surface area (Å²) < 4.78 is 5.07. The summed E-state index contributed by atoms with van der Waals surface area (Å²) in [5.74, 6) is 0.926. The summed E-state index contributed by atoms with van der Waals surface area (Å²) in [4.78, 5) is 26.0. The van der Waals surface area contributed by atoms with E-state index in [0.29, 0.717) is 30.9 Å². The summed E-state index contributed by atoms with van der Waals surface area (Å²) >= 11 is 0. The van der Waals surface area contributed by atoms with Crippen molar-refractivity contribution in [1.82, 2.24) is 10.2 Å². The molecule has 0 radical (unpaired) electrons. The summed E-state index contributed by atoms with van der Waals surface area (Å²) in [7, 11) is 3.45. The number of methoxy groups -OCH3 is 1. The van der Waals surface area contributed by atoms with Crippen molar-refractivity contribution in [3.63, 3.8) is 0 Å². The van der Waals surface area contributed by atoms with Gasteiger partial charge in [-0.2, -0.15) is 0 Å². The Bertz CT molecular complexity index is 513. The lowest BCUT2D eigenvalue weighted by molar-refractivity contribution is -0.131. The van der Waals surface area contributed by atoms with Gasteiger partial charge in [-0.05, 0) is 43.7 Å². The number of halogens is 1. The fourth-order valence-corrected chi connectivity index (χ4v) is 2.67. The first-order chi connectivity index (χ1) is 10.6. The minimum absolute atomic E-state index is 0. The molecule has 23 heavy (non-hydrogen) atoms. The van der Waals surface area contributed by atoms with Crippen LogP contribution in [0, 0.1) is 0 Å². The summed E-state index contributed by atoms with van der Waals surface area (Å²) in [6.07, 6.45) is 2.42. The predicted molar refractivity (Wildman–Crippen MR) is 92.5 cm³/mol. The number of nitrogens with one attached hydrogen (secondary N) is 1. The molecule has 2 rings (SSSR count). The summed E-state index contributed by atoms with van der Waals surface area (Å²) in [6.45, 7) is 1.84. The van der Waals surface area contributed by atoms with Crippen LogP contribution >= 0.6 is 12.4 Å². The summed E-state index contributed by atoms with van der Waals surface area (Å²) in [6, 6.07) is 7.38. The van der Waals surface area contributed by atoms with Crippen LogP contribution in [0.5, 0.6) is 5.75 Å². The zero-order valence-electron chi connectivity index (χ0n) is 13.7. The Morgan fingerprint density at radius 2 is 1.96 bits per heavy atom. The number of ether oxygens (including phenoxy) is 1. The molecule has 1 saturated heterocycles. The van der Waals surface area contributed by atoms with Gasteiger partial charge in [-0.1, -0.05) is 0 Å². The minimum Gasteiger partial charge on any atom is -0.497 e. The number of ketones is 1. The highest BCUT2D eigenvalue weighted by molar-refractivity contribution is 5.96. The maximum Gasteiger partial charge on any atom is 0.222 e. The Hall–Kier alpha value is -1.59. The predicted octanol–water partition coefficient (Wildman–Crippen LogP) is 2.29. The van der Waals surface area contributed by atoms with Crippen LogP contribution in [-0.2, 0) is 4.79 Å². The van der Waals surface area contributed by atoms with Crippen molar-refractivity contribution in [1.29, 1.82) is 0 Å². The van der Waals surface area contributed by atoms with Gasteiger partial charge in [-0.25, -0.2) is 0 Å². The Balaban J connectivity index is 0.00000264. The number of likely N-dealkylation sites (N-methyl/N-ethyl adjacent to an activating group) is 1. The zero-order chi connectivity index (χ0) is 15.9. The average molecular weight is 341 g/mol. The molecular formula is C17H25ClN2O3. The molecule has 1 aromatic carbocycles. The lowest BCUT2D eigenvalue weighted by atomic mass is 10.0. The Morgan fingerprint density at radius 3 is 2.52 bits per heavy atom. The van der Waals surface area contributed by atoms with E-state index in [2.05, 4.69) is 5.32 Å². The molecule has 1 N–H and O–H groups in total. The fourth-order valence-electron chi connectivity index (χ4n) is 2.67. The van der Waals surface area contributed by atoms with Gasteiger partial charge in [-0.3, -0.25) is 9.59 Å². The van der Waals surface area contributed by atoms with Gasteiger partial charge in [0.1, 0.15) is 5.75 Å². The molecule has 1 heterocycles. The first-order valence-electron chi connectivity index (χ1n) is 7.75. The van der Waals surface area contributed by atoms with Crippen molar-refractivity contribution in [3.05, 3.63) is 29.8 Å². The molecule has 1 fully saturated rings. The minimum atomic E-state index is 0. The van der Waals surface area contributed by atoms with Crippen molar-refractivity contribution in [3.8, 4) is 5.75 Å². The van der Waals surface area contributed by atoms with Gasteiger partial charge >= 0.3 is 0 Å². The number of carbonyl (C=O) groups excluding carboxylic acids is 2. The van der Waals surface area contributed by atoms with Crippen LogP contribution in [0.25, 0.3) is 0 Å². The fraction of sp³-hybridized carbons (Fsp3) is 0.529. The van der Waals surface area contributed by atoms with Crippen LogP contribution in [0.4, 0.5) is 0 Å². The molecule has 0 aromatic heterocycles. The van der Waals surface area contributed by atoms with E-state index in [1.165, 1.54) is 0 Å². The quantitative estimate of drug-likeness (QED) is 0.774. The highest BCUT2D eigenvalue weighted by Gasteiger charge is 2.22. The monoisotopic (exact) mass is 340 g/mol. The topological polar surface area (TPSA) is 58.6 Å². The zero-order valence-corrected chi connectivity index (χ0v) is 14.5. The van der Waals surface area contributed by atoms with Crippen molar-refractivity contribution in [2.45, 2.75) is 31.7 Å². The smallest absolute Gasteiger partial charge is 0.222 e. The number of carbonyl (C=O) groups is 2. The van der Waals surface area contributed by atoms with Crippen LogP contribution in [0.1, 0.15) is 36.0 Å². The van der Waals surface area contributed by atoms with E-state index < -0.39 is 0 Å². The third-order valence-electron chi connectivity index (χ3n) is 4.18.